The van der Waals surface area contributed by atoms with Crippen LogP contribution >= 0.6 is 0 Å². The quantitative estimate of drug-likeness (QED) is 0.243. The summed E-state index contributed by atoms with van der Waals surface area (Å²) < 4.78 is 16.6. The number of ether oxygens (including phenoxy) is 3. The lowest BCUT2D eigenvalue weighted by molar-refractivity contribution is -0.191. The lowest BCUT2D eigenvalue weighted by atomic mass is 9.63. The average molecular weight is 346 g/mol. The molecule has 0 aromatic rings. The summed E-state index contributed by atoms with van der Waals surface area (Å²) in [7, 11) is 0. The molecule has 138 valence electrons. The molecule has 0 aromatic carbocycles. The Morgan fingerprint density at radius 2 is 1.96 bits per heavy atom. The molecule has 4 fully saturated rings. The van der Waals surface area contributed by atoms with Crippen LogP contribution in [-0.4, -0.2) is 32.6 Å². The van der Waals surface area contributed by atoms with Crippen LogP contribution in [0.15, 0.2) is 12.2 Å². The van der Waals surface area contributed by atoms with Crippen molar-refractivity contribution in [3.8, 4) is 0 Å². The van der Waals surface area contributed by atoms with Crippen LogP contribution in [0.4, 0.5) is 0 Å². The van der Waals surface area contributed by atoms with Gasteiger partial charge in [-0.1, -0.05) is 19.1 Å². The first-order valence-corrected chi connectivity index (χ1v) is 10.1. The predicted octanol–water partition coefficient (Wildman–Crippen LogP) is 3.41. The van der Waals surface area contributed by atoms with Crippen LogP contribution in [0.3, 0.4) is 0 Å². The van der Waals surface area contributed by atoms with Gasteiger partial charge in [-0.2, -0.15) is 0 Å². The van der Waals surface area contributed by atoms with Crippen molar-refractivity contribution in [2.75, 3.05) is 26.6 Å². The molecule has 4 nitrogen and oxygen atoms in total. The molecular formula is C21H30O4. The van der Waals surface area contributed by atoms with Crippen LogP contribution in [0, 0.1) is 46.3 Å². The van der Waals surface area contributed by atoms with Crippen LogP contribution in [0.1, 0.15) is 39.5 Å². The Labute approximate surface area is 150 Å². The van der Waals surface area contributed by atoms with Gasteiger partial charge in [-0.05, 0) is 68.1 Å². The summed E-state index contributed by atoms with van der Waals surface area (Å²) in [4.78, 5) is 12.9. The highest BCUT2D eigenvalue weighted by molar-refractivity contribution is 5.77. The summed E-state index contributed by atoms with van der Waals surface area (Å²) in [6.07, 6.45) is 9.49. The third kappa shape index (κ3) is 2.22. The van der Waals surface area contributed by atoms with Crippen molar-refractivity contribution in [1.82, 2.24) is 0 Å². The predicted molar refractivity (Wildman–Crippen MR) is 92.5 cm³/mol. The minimum Gasteiger partial charge on any atom is -0.438 e. The van der Waals surface area contributed by atoms with Gasteiger partial charge in [-0.3, -0.25) is 4.79 Å². The molecule has 7 atom stereocenters. The molecule has 0 amide bonds. The molecule has 25 heavy (non-hydrogen) atoms. The number of rotatable bonds is 6. The van der Waals surface area contributed by atoms with E-state index in [-0.39, 0.29) is 23.6 Å². The normalized spacial score (nSPS) is 47.8. The van der Waals surface area contributed by atoms with Crippen LogP contribution in [0.5, 0.6) is 0 Å². The zero-order valence-corrected chi connectivity index (χ0v) is 15.4. The molecule has 5 rings (SSSR count). The molecule has 4 bridgehead atoms. The Hall–Kier alpha value is -0.870. The van der Waals surface area contributed by atoms with Crippen molar-refractivity contribution >= 4 is 5.97 Å². The van der Waals surface area contributed by atoms with E-state index in [2.05, 4.69) is 26.0 Å². The smallest absolute Gasteiger partial charge is 0.314 e. The first-order chi connectivity index (χ1) is 12.1. The number of hydrogen-bond donors (Lipinski definition) is 0. The molecule has 0 spiro atoms. The lowest BCUT2D eigenvalue weighted by Gasteiger charge is -2.42. The van der Waals surface area contributed by atoms with E-state index < -0.39 is 0 Å². The van der Waals surface area contributed by atoms with Gasteiger partial charge < -0.3 is 14.2 Å². The first-order valence-electron chi connectivity index (χ1n) is 10.1. The maximum absolute atomic E-state index is 12.9. The van der Waals surface area contributed by atoms with Gasteiger partial charge in [0.1, 0.15) is 0 Å². The van der Waals surface area contributed by atoms with Crippen LogP contribution in [-0.2, 0) is 19.0 Å². The van der Waals surface area contributed by atoms with Crippen molar-refractivity contribution in [2.45, 2.75) is 39.5 Å². The van der Waals surface area contributed by atoms with E-state index in [1.54, 1.807) is 0 Å². The molecule has 4 heteroatoms. The third-order valence-corrected chi connectivity index (χ3v) is 8.37. The van der Waals surface area contributed by atoms with Gasteiger partial charge in [0.15, 0.2) is 6.79 Å². The molecule has 0 N–H and O–H groups in total. The number of hydrogen-bond acceptors (Lipinski definition) is 4. The lowest BCUT2D eigenvalue weighted by Crippen LogP contribution is -2.46. The van der Waals surface area contributed by atoms with Crippen molar-refractivity contribution in [3.63, 3.8) is 0 Å². The molecule has 1 aliphatic heterocycles. The van der Waals surface area contributed by atoms with Gasteiger partial charge in [0.05, 0.1) is 25.2 Å². The van der Waals surface area contributed by atoms with E-state index in [1.807, 2.05) is 0 Å². The second kappa shape index (κ2) is 5.56. The highest BCUT2D eigenvalue weighted by Crippen LogP contribution is 2.70. The highest BCUT2D eigenvalue weighted by Gasteiger charge is 2.67. The SMILES string of the molecule is CCC1(COCOC(=O)C2(C)CC3CC2C2C4C=CC(C4)C32)COC1. The van der Waals surface area contributed by atoms with E-state index in [9.17, 15) is 4.79 Å². The minimum atomic E-state index is -0.296. The van der Waals surface area contributed by atoms with E-state index in [1.165, 1.54) is 12.8 Å². The van der Waals surface area contributed by atoms with Gasteiger partial charge >= 0.3 is 5.97 Å². The fourth-order valence-electron chi connectivity index (χ4n) is 6.90. The number of esters is 1. The topological polar surface area (TPSA) is 44.8 Å². The Morgan fingerprint density at radius 3 is 2.64 bits per heavy atom. The van der Waals surface area contributed by atoms with Crippen LogP contribution in [0.2, 0.25) is 0 Å². The van der Waals surface area contributed by atoms with Gasteiger partial charge in [0, 0.05) is 5.41 Å². The third-order valence-electron chi connectivity index (χ3n) is 8.37. The zero-order valence-electron chi connectivity index (χ0n) is 15.4. The Morgan fingerprint density at radius 1 is 1.20 bits per heavy atom. The Kier molecular flexibility index (Phi) is 3.63. The fourth-order valence-corrected chi connectivity index (χ4v) is 6.90. The van der Waals surface area contributed by atoms with Crippen LogP contribution < -0.4 is 0 Å². The van der Waals surface area contributed by atoms with Crippen LogP contribution in [0.25, 0.3) is 0 Å². The number of carbonyl (C=O) groups excluding carboxylic acids is 1. The van der Waals surface area contributed by atoms with Gasteiger partial charge in [-0.25, -0.2) is 0 Å². The summed E-state index contributed by atoms with van der Waals surface area (Å²) in [6, 6.07) is 0. The van der Waals surface area contributed by atoms with Crippen molar-refractivity contribution in [3.05, 3.63) is 12.2 Å². The maximum atomic E-state index is 12.9. The maximum Gasteiger partial charge on any atom is 0.314 e. The van der Waals surface area contributed by atoms with E-state index in [0.717, 1.165) is 55.6 Å². The molecule has 5 aliphatic rings. The second-order valence-corrected chi connectivity index (χ2v) is 9.57. The molecule has 4 aliphatic carbocycles. The van der Waals surface area contributed by atoms with E-state index in [0.29, 0.717) is 12.5 Å². The number of allylic oxidation sites excluding steroid dienone is 2. The Balaban J connectivity index is 1.18. The summed E-state index contributed by atoms with van der Waals surface area (Å²) in [5, 5.41) is 0. The van der Waals surface area contributed by atoms with Crippen molar-refractivity contribution in [1.29, 1.82) is 0 Å². The van der Waals surface area contributed by atoms with Gasteiger partial charge in [0.25, 0.3) is 0 Å². The second-order valence-electron chi connectivity index (χ2n) is 9.57. The largest absolute Gasteiger partial charge is 0.438 e. The summed E-state index contributed by atoms with van der Waals surface area (Å²) >= 11 is 0. The zero-order chi connectivity index (χ0) is 17.2. The van der Waals surface area contributed by atoms with E-state index in [4.69, 9.17) is 14.2 Å². The molecule has 1 saturated heterocycles. The minimum absolute atomic E-state index is 0.0272. The summed E-state index contributed by atoms with van der Waals surface area (Å²) in [5.41, 5.74) is -0.152. The molecule has 7 unspecified atom stereocenters. The number of fused-ring (bicyclic) bond motifs is 9. The fraction of sp³-hybridized carbons (Fsp3) is 0.857. The van der Waals surface area contributed by atoms with Gasteiger partial charge in [-0.15, -0.1) is 0 Å². The van der Waals surface area contributed by atoms with E-state index >= 15 is 0 Å². The summed E-state index contributed by atoms with van der Waals surface area (Å²) in [6.45, 7) is 6.55. The molecule has 3 saturated carbocycles. The Bertz CT molecular complexity index is 589. The molecule has 1 heterocycles. The molecular weight excluding hydrogens is 316 g/mol. The molecule has 0 radical (unpaired) electrons. The molecule has 0 aromatic heterocycles. The average Bonchev–Trinajstić information content (AvgIpc) is 3.31. The monoisotopic (exact) mass is 346 g/mol. The highest BCUT2D eigenvalue weighted by atomic mass is 16.7. The van der Waals surface area contributed by atoms with Crippen molar-refractivity contribution < 1.29 is 19.0 Å². The number of carbonyl (C=O) groups is 1. The van der Waals surface area contributed by atoms with Crippen molar-refractivity contribution in [2.24, 2.45) is 46.3 Å². The summed E-state index contributed by atoms with van der Waals surface area (Å²) in [5.74, 6) is 4.30. The standard InChI is InChI=1S/C21H30O4/c1-3-21(9-23-10-21)11-24-12-25-19(22)20(2)8-15-7-16(20)18-14-5-4-13(6-14)17(15)18/h4-5,13-18H,3,6-12H2,1-2H3. The van der Waals surface area contributed by atoms with Gasteiger partial charge in [0.2, 0.25) is 0 Å². The first kappa shape index (κ1) is 16.3.